The Hall–Kier alpha value is -3.45. The van der Waals surface area contributed by atoms with E-state index in [1.54, 1.807) is 29.1 Å². The van der Waals surface area contributed by atoms with Gasteiger partial charge in [-0.3, -0.25) is 15.6 Å². The van der Waals surface area contributed by atoms with E-state index in [2.05, 4.69) is 25.9 Å². The number of nitrogens with one attached hydrogen (secondary N) is 2. The van der Waals surface area contributed by atoms with E-state index < -0.39 is 0 Å². The molecule has 0 saturated carbocycles. The molecule has 0 atom stereocenters. The van der Waals surface area contributed by atoms with E-state index in [4.69, 9.17) is 11.6 Å². The Balaban J connectivity index is 1.61. The molecule has 27 heavy (non-hydrogen) atoms. The van der Waals surface area contributed by atoms with Gasteiger partial charge in [0.2, 0.25) is 0 Å². The van der Waals surface area contributed by atoms with Gasteiger partial charge < -0.3 is 0 Å². The van der Waals surface area contributed by atoms with Gasteiger partial charge in [-0.1, -0.05) is 29.8 Å². The number of aryl methyl sites for hydroxylation is 1. The molecule has 0 unspecified atom stereocenters. The molecular weight excluding hydrogens is 364 g/mol. The van der Waals surface area contributed by atoms with Crippen LogP contribution in [0.5, 0.6) is 0 Å². The van der Waals surface area contributed by atoms with Crippen molar-refractivity contribution in [2.24, 2.45) is 0 Å². The van der Waals surface area contributed by atoms with Crippen molar-refractivity contribution in [2.75, 3.05) is 5.43 Å². The van der Waals surface area contributed by atoms with Crippen LogP contribution in [0.3, 0.4) is 0 Å². The Morgan fingerprint density at radius 1 is 1.07 bits per heavy atom. The van der Waals surface area contributed by atoms with Crippen LogP contribution < -0.4 is 10.9 Å². The Labute approximate surface area is 160 Å². The van der Waals surface area contributed by atoms with Crippen LogP contribution >= 0.6 is 11.6 Å². The van der Waals surface area contributed by atoms with Crippen LogP contribution in [0.15, 0.2) is 61.1 Å². The monoisotopic (exact) mass is 378 g/mol. The molecule has 0 saturated heterocycles. The molecule has 2 aromatic heterocycles. The number of hydrogen-bond donors (Lipinski definition) is 2. The molecule has 0 bridgehead atoms. The fraction of sp³-hybridized carbons (Fsp3) is 0.0526. The number of fused-ring (bicyclic) bond motifs is 1. The molecule has 2 aromatic carbocycles. The van der Waals surface area contributed by atoms with Gasteiger partial charge in [-0.2, -0.15) is 5.10 Å². The van der Waals surface area contributed by atoms with Crippen LogP contribution in [0.1, 0.15) is 15.9 Å². The lowest BCUT2D eigenvalue weighted by atomic mass is 10.1. The number of aromatic nitrogens is 4. The average molecular weight is 379 g/mol. The number of benzene rings is 2. The molecule has 0 fully saturated rings. The number of nitrogens with zero attached hydrogens (tertiary/aromatic N) is 4. The van der Waals surface area contributed by atoms with Crippen LogP contribution in [0.25, 0.3) is 16.7 Å². The minimum atomic E-state index is -0.245. The molecule has 1 amide bonds. The molecule has 134 valence electrons. The zero-order chi connectivity index (χ0) is 18.8. The first-order valence-electron chi connectivity index (χ1n) is 8.20. The number of hydrogen-bond acceptors (Lipinski definition) is 5. The van der Waals surface area contributed by atoms with Crippen molar-refractivity contribution in [1.82, 2.24) is 25.2 Å². The van der Waals surface area contributed by atoms with Crippen LogP contribution in [-0.4, -0.2) is 25.7 Å². The van der Waals surface area contributed by atoms with Crippen molar-refractivity contribution < 1.29 is 4.79 Å². The molecule has 4 rings (SSSR count). The number of amides is 1. The highest BCUT2D eigenvalue weighted by molar-refractivity contribution is 6.30. The SMILES string of the molecule is Cc1ccccc1C(=O)NNc1ncnc2c1cnn2-c1ccc(Cl)cc1. The zero-order valence-corrected chi connectivity index (χ0v) is 15.1. The number of anilines is 1. The van der Waals surface area contributed by atoms with Gasteiger partial charge in [0.05, 0.1) is 17.3 Å². The predicted octanol–water partition coefficient (Wildman–Crippen LogP) is 3.53. The highest BCUT2D eigenvalue weighted by Gasteiger charge is 2.13. The summed E-state index contributed by atoms with van der Waals surface area (Å²) in [6.45, 7) is 1.88. The van der Waals surface area contributed by atoms with Gasteiger partial charge in [0.25, 0.3) is 5.91 Å². The van der Waals surface area contributed by atoms with Gasteiger partial charge in [0.1, 0.15) is 6.33 Å². The van der Waals surface area contributed by atoms with Crippen LogP contribution in [0.4, 0.5) is 5.82 Å². The van der Waals surface area contributed by atoms with Gasteiger partial charge in [0.15, 0.2) is 11.5 Å². The summed E-state index contributed by atoms with van der Waals surface area (Å²) in [6, 6.07) is 14.6. The van der Waals surface area contributed by atoms with E-state index in [1.807, 2.05) is 37.3 Å². The highest BCUT2D eigenvalue weighted by atomic mass is 35.5. The molecule has 0 spiro atoms. The summed E-state index contributed by atoms with van der Waals surface area (Å²) in [5.41, 5.74) is 8.45. The van der Waals surface area contributed by atoms with E-state index in [-0.39, 0.29) is 5.91 Å². The fourth-order valence-corrected chi connectivity index (χ4v) is 2.85. The van der Waals surface area contributed by atoms with Gasteiger partial charge in [0, 0.05) is 10.6 Å². The molecule has 2 heterocycles. The Kier molecular flexibility index (Phi) is 4.43. The van der Waals surface area contributed by atoms with E-state index >= 15 is 0 Å². The van der Waals surface area contributed by atoms with E-state index in [0.717, 1.165) is 11.3 Å². The van der Waals surface area contributed by atoms with Gasteiger partial charge >= 0.3 is 0 Å². The second-order valence-corrected chi connectivity index (χ2v) is 6.32. The van der Waals surface area contributed by atoms with Crippen LogP contribution in [0, 0.1) is 6.92 Å². The molecule has 7 nitrogen and oxygen atoms in total. The van der Waals surface area contributed by atoms with Crippen LogP contribution in [0.2, 0.25) is 5.02 Å². The maximum atomic E-state index is 12.4. The lowest BCUT2D eigenvalue weighted by Crippen LogP contribution is -2.30. The van der Waals surface area contributed by atoms with Crippen LogP contribution in [-0.2, 0) is 0 Å². The third-order valence-corrected chi connectivity index (χ3v) is 4.37. The first-order chi connectivity index (χ1) is 13.1. The summed E-state index contributed by atoms with van der Waals surface area (Å²) in [5.74, 6) is 0.215. The van der Waals surface area contributed by atoms with Gasteiger partial charge in [-0.15, -0.1) is 0 Å². The largest absolute Gasteiger partial charge is 0.281 e. The third kappa shape index (κ3) is 3.32. The first-order valence-corrected chi connectivity index (χ1v) is 8.58. The van der Waals surface area contributed by atoms with Gasteiger partial charge in [-0.05, 0) is 42.8 Å². The minimum absolute atomic E-state index is 0.245. The third-order valence-electron chi connectivity index (χ3n) is 4.12. The van der Waals surface area contributed by atoms with Crippen molar-refractivity contribution in [3.8, 4) is 5.69 Å². The Morgan fingerprint density at radius 2 is 1.85 bits per heavy atom. The highest BCUT2D eigenvalue weighted by Crippen LogP contribution is 2.22. The number of carbonyl (C=O) groups excluding carboxylic acids is 1. The topological polar surface area (TPSA) is 84.7 Å². The summed E-state index contributed by atoms with van der Waals surface area (Å²) >= 11 is 5.94. The fourth-order valence-electron chi connectivity index (χ4n) is 2.73. The maximum absolute atomic E-state index is 12.4. The molecule has 8 heteroatoms. The second kappa shape index (κ2) is 7.05. The van der Waals surface area contributed by atoms with E-state index in [0.29, 0.717) is 27.4 Å². The summed E-state index contributed by atoms with van der Waals surface area (Å²) in [7, 11) is 0. The zero-order valence-electron chi connectivity index (χ0n) is 14.3. The van der Waals surface area contributed by atoms with Crippen molar-refractivity contribution >= 4 is 34.4 Å². The van der Waals surface area contributed by atoms with Crippen molar-refractivity contribution in [3.05, 3.63) is 77.2 Å². The van der Waals surface area contributed by atoms with Crippen molar-refractivity contribution in [3.63, 3.8) is 0 Å². The van der Waals surface area contributed by atoms with Crippen molar-refractivity contribution in [1.29, 1.82) is 0 Å². The Morgan fingerprint density at radius 3 is 2.63 bits per heavy atom. The minimum Gasteiger partial charge on any atom is -0.281 e. The average Bonchev–Trinajstić information content (AvgIpc) is 3.12. The lowest BCUT2D eigenvalue weighted by Gasteiger charge is -2.10. The number of halogens is 1. The number of carbonyl (C=O) groups is 1. The molecule has 0 aliphatic heterocycles. The molecule has 2 N–H and O–H groups in total. The first kappa shape index (κ1) is 17.0. The Bertz CT molecular complexity index is 1120. The number of rotatable bonds is 4. The molecular formula is C19H15ClN6O. The number of hydrazine groups is 1. The summed E-state index contributed by atoms with van der Waals surface area (Å²) in [5, 5.41) is 5.70. The molecule has 4 aromatic rings. The second-order valence-electron chi connectivity index (χ2n) is 5.89. The predicted molar refractivity (Wildman–Crippen MR) is 104 cm³/mol. The molecule has 0 radical (unpaired) electrons. The summed E-state index contributed by atoms with van der Waals surface area (Å²) in [4.78, 5) is 20.9. The summed E-state index contributed by atoms with van der Waals surface area (Å²) in [6.07, 6.45) is 3.06. The van der Waals surface area contributed by atoms with Crippen molar-refractivity contribution in [2.45, 2.75) is 6.92 Å². The smallest absolute Gasteiger partial charge is 0.269 e. The van der Waals surface area contributed by atoms with E-state index in [1.165, 1.54) is 6.33 Å². The van der Waals surface area contributed by atoms with E-state index in [9.17, 15) is 4.79 Å². The molecule has 0 aliphatic rings. The van der Waals surface area contributed by atoms with Gasteiger partial charge in [-0.25, -0.2) is 14.6 Å². The lowest BCUT2D eigenvalue weighted by molar-refractivity contribution is 0.0962. The maximum Gasteiger partial charge on any atom is 0.269 e. The normalized spacial score (nSPS) is 10.7. The standard InChI is InChI=1S/C19H15ClN6O/c1-12-4-2-3-5-15(12)19(27)25-24-17-16-10-23-26(18(16)22-11-21-17)14-8-6-13(20)7-9-14/h2-11H,1H3,(H,25,27)(H,21,22,24). The quantitative estimate of drug-likeness (QED) is 0.530. The molecule has 0 aliphatic carbocycles. The summed E-state index contributed by atoms with van der Waals surface area (Å²) < 4.78 is 1.68.